The summed E-state index contributed by atoms with van der Waals surface area (Å²) < 4.78 is 10.6. The number of benzene rings is 2. The Morgan fingerprint density at radius 3 is 2.26 bits per heavy atom. The summed E-state index contributed by atoms with van der Waals surface area (Å²) in [4.78, 5) is 24.3. The fourth-order valence-electron chi connectivity index (χ4n) is 1.92. The molecule has 4 heteroatoms. The minimum atomic E-state index is -0.506. The predicted molar refractivity (Wildman–Crippen MR) is 87.6 cm³/mol. The van der Waals surface area contributed by atoms with Crippen LogP contribution in [-0.4, -0.2) is 18.5 Å². The number of esters is 2. The number of para-hydroxylation sites is 1. The van der Waals surface area contributed by atoms with Crippen molar-refractivity contribution >= 4 is 11.9 Å². The largest absolute Gasteiger partial charge is 0.462 e. The highest BCUT2D eigenvalue weighted by Crippen LogP contribution is 2.20. The summed E-state index contributed by atoms with van der Waals surface area (Å²) in [6, 6.07) is 15.2. The molecule has 0 aliphatic rings. The maximum atomic E-state index is 12.2. The Balaban J connectivity index is 2.08. The molecule has 0 bridgehead atoms. The molecule has 0 heterocycles. The molecule has 0 spiro atoms. The Hall–Kier alpha value is -2.62. The van der Waals surface area contributed by atoms with Crippen LogP contribution in [0, 0.1) is 5.92 Å². The van der Waals surface area contributed by atoms with Crippen molar-refractivity contribution in [3.05, 3.63) is 65.7 Å². The highest BCUT2D eigenvalue weighted by Gasteiger charge is 2.17. The van der Waals surface area contributed by atoms with E-state index in [1.165, 1.54) is 0 Å². The van der Waals surface area contributed by atoms with Crippen LogP contribution >= 0.6 is 0 Å². The van der Waals surface area contributed by atoms with E-state index in [1.807, 2.05) is 6.07 Å². The topological polar surface area (TPSA) is 52.6 Å². The van der Waals surface area contributed by atoms with Gasteiger partial charge in [-0.3, -0.25) is 0 Å². The van der Waals surface area contributed by atoms with Crippen molar-refractivity contribution in [3.8, 4) is 5.75 Å². The van der Waals surface area contributed by atoms with E-state index in [1.54, 1.807) is 48.5 Å². The van der Waals surface area contributed by atoms with Gasteiger partial charge in [0.15, 0.2) is 0 Å². The molecule has 0 N–H and O–H groups in total. The smallest absolute Gasteiger partial charge is 0.343 e. The van der Waals surface area contributed by atoms with Crippen molar-refractivity contribution in [2.75, 3.05) is 6.61 Å². The number of carbonyl (C=O) groups is 2. The molecule has 0 fully saturated rings. The fraction of sp³-hybridized carbons (Fsp3) is 0.263. The second-order valence-corrected chi connectivity index (χ2v) is 5.57. The molecule has 2 aromatic rings. The molecule has 0 saturated heterocycles. The van der Waals surface area contributed by atoms with Gasteiger partial charge in [0.25, 0.3) is 0 Å². The normalized spacial score (nSPS) is 10.4. The zero-order valence-electron chi connectivity index (χ0n) is 13.3. The summed E-state index contributed by atoms with van der Waals surface area (Å²) in [6.45, 7) is 4.46. The third-order valence-electron chi connectivity index (χ3n) is 3.25. The van der Waals surface area contributed by atoms with Crippen molar-refractivity contribution < 1.29 is 19.1 Å². The first kappa shape index (κ1) is 16.7. The van der Waals surface area contributed by atoms with Crippen LogP contribution in [0.1, 0.15) is 41.0 Å². The Kier molecular flexibility index (Phi) is 5.92. The van der Waals surface area contributed by atoms with Crippen LogP contribution in [0.4, 0.5) is 0 Å². The molecule has 120 valence electrons. The van der Waals surface area contributed by atoms with Gasteiger partial charge >= 0.3 is 11.9 Å². The van der Waals surface area contributed by atoms with Gasteiger partial charge in [-0.15, -0.1) is 0 Å². The molecule has 0 aliphatic carbocycles. The summed E-state index contributed by atoms with van der Waals surface area (Å²) in [5, 5.41) is 0. The van der Waals surface area contributed by atoms with E-state index < -0.39 is 11.9 Å². The molecule has 0 aliphatic heterocycles. The molecule has 0 radical (unpaired) electrons. The number of hydrogen-bond acceptors (Lipinski definition) is 4. The third-order valence-corrected chi connectivity index (χ3v) is 3.25. The standard InChI is InChI=1S/C19H20O4/c1-14(2)12-13-22-19(21)16-10-6-7-11-17(16)23-18(20)15-8-4-3-5-9-15/h3-11,14H,12-13H2,1-2H3. The first-order valence-corrected chi connectivity index (χ1v) is 7.61. The molecular formula is C19H20O4. The van der Waals surface area contributed by atoms with Gasteiger partial charge in [-0.2, -0.15) is 0 Å². The summed E-state index contributed by atoms with van der Waals surface area (Å²) in [5.41, 5.74) is 0.677. The van der Waals surface area contributed by atoms with Crippen molar-refractivity contribution in [1.82, 2.24) is 0 Å². The number of hydrogen-bond donors (Lipinski definition) is 0. The first-order valence-electron chi connectivity index (χ1n) is 7.61. The van der Waals surface area contributed by atoms with E-state index in [0.29, 0.717) is 18.1 Å². The fourth-order valence-corrected chi connectivity index (χ4v) is 1.92. The average Bonchev–Trinajstić information content (AvgIpc) is 2.55. The monoisotopic (exact) mass is 312 g/mol. The maximum absolute atomic E-state index is 12.2. The van der Waals surface area contributed by atoms with Crippen LogP contribution in [0.25, 0.3) is 0 Å². The first-order chi connectivity index (χ1) is 11.1. The Morgan fingerprint density at radius 1 is 0.913 bits per heavy atom. The quantitative estimate of drug-likeness (QED) is 0.595. The molecule has 0 atom stereocenters. The summed E-state index contributed by atoms with van der Waals surface area (Å²) >= 11 is 0. The Labute approximate surface area is 136 Å². The lowest BCUT2D eigenvalue weighted by molar-refractivity contribution is 0.0483. The second-order valence-electron chi connectivity index (χ2n) is 5.57. The molecular weight excluding hydrogens is 292 g/mol. The van der Waals surface area contributed by atoms with Gasteiger partial charge in [-0.25, -0.2) is 9.59 Å². The summed E-state index contributed by atoms with van der Waals surface area (Å²) in [7, 11) is 0. The van der Waals surface area contributed by atoms with E-state index in [9.17, 15) is 9.59 Å². The van der Waals surface area contributed by atoms with Crippen molar-refractivity contribution in [3.63, 3.8) is 0 Å². The minimum Gasteiger partial charge on any atom is -0.462 e. The van der Waals surface area contributed by atoms with Crippen LogP contribution < -0.4 is 4.74 Å². The molecule has 0 saturated carbocycles. The van der Waals surface area contributed by atoms with Crippen molar-refractivity contribution in [1.29, 1.82) is 0 Å². The number of carbonyl (C=O) groups excluding carboxylic acids is 2. The van der Waals surface area contributed by atoms with Crippen LogP contribution in [0.3, 0.4) is 0 Å². The molecule has 0 aromatic heterocycles. The maximum Gasteiger partial charge on any atom is 0.343 e. The summed E-state index contributed by atoms with van der Waals surface area (Å²) in [5.74, 6) is -0.333. The molecule has 23 heavy (non-hydrogen) atoms. The van der Waals surface area contributed by atoms with E-state index in [4.69, 9.17) is 9.47 Å². The van der Waals surface area contributed by atoms with E-state index >= 15 is 0 Å². The predicted octanol–water partition coefficient (Wildman–Crippen LogP) is 4.11. The van der Waals surface area contributed by atoms with Gasteiger partial charge < -0.3 is 9.47 Å². The van der Waals surface area contributed by atoms with Gasteiger partial charge in [0.05, 0.1) is 12.2 Å². The van der Waals surface area contributed by atoms with Crippen molar-refractivity contribution in [2.45, 2.75) is 20.3 Å². The van der Waals surface area contributed by atoms with Gasteiger partial charge in [-0.1, -0.05) is 44.2 Å². The van der Waals surface area contributed by atoms with Crippen LogP contribution in [-0.2, 0) is 4.74 Å². The van der Waals surface area contributed by atoms with Gasteiger partial charge in [-0.05, 0) is 36.6 Å². The number of ether oxygens (including phenoxy) is 2. The third kappa shape index (κ3) is 4.95. The lowest BCUT2D eigenvalue weighted by Gasteiger charge is -2.10. The zero-order valence-corrected chi connectivity index (χ0v) is 13.3. The average molecular weight is 312 g/mol. The van der Waals surface area contributed by atoms with Gasteiger partial charge in [0, 0.05) is 0 Å². The minimum absolute atomic E-state index is 0.205. The van der Waals surface area contributed by atoms with Crippen LogP contribution in [0.5, 0.6) is 5.75 Å². The molecule has 0 amide bonds. The van der Waals surface area contributed by atoms with Crippen LogP contribution in [0.15, 0.2) is 54.6 Å². The summed E-state index contributed by atoms with van der Waals surface area (Å²) in [6.07, 6.45) is 0.789. The van der Waals surface area contributed by atoms with E-state index in [0.717, 1.165) is 6.42 Å². The van der Waals surface area contributed by atoms with E-state index in [-0.39, 0.29) is 11.3 Å². The lowest BCUT2D eigenvalue weighted by Crippen LogP contribution is -2.13. The van der Waals surface area contributed by atoms with Crippen LogP contribution in [0.2, 0.25) is 0 Å². The molecule has 4 nitrogen and oxygen atoms in total. The molecule has 2 rings (SSSR count). The van der Waals surface area contributed by atoms with E-state index in [2.05, 4.69) is 13.8 Å². The van der Waals surface area contributed by atoms with Crippen molar-refractivity contribution in [2.24, 2.45) is 5.92 Å². The SMILES string of the molecule is CC(C)CCOC(=O)c1ccccc1OC(=O)c1ccccc1. The van der Waals surface area contributed by atoms with Gasteiger partial charge in [0.2, 0.25) is 0 Å². The molecule has 0 unspecified atom stereocenters. The highest BCUT2D eigenvalue weighted by molar-refractivity contribution is 5.96. The Morgan fingerprint density at radius 2 is 1.57 bits per heavy atom. The lowest BCUT2D eigenvalue weighted by atomic mass is 10.1. The number of rotatable bonds is 6. The highest BCUT2D eigenvalue weighted by atomic mass is 16.5. The second kappa shape index (κ2) is 8.13. The van der Waals surface area contributed by atoms with Gasteiger partial charge in [0.1, 0.15) is 11.3 Å². The molecule has 2 aromatic carbocycles. The zero-order chi connectivity index (χ0) is 16.7. The Bertz CT molecular complexity index is 662.